The maximum absolute atomic E-state index is 4.45. The first-order valence-electron chi connectivity index (χ1n) is 7.06. The number of nitrogens with zero attached hydrogens (tertiary/aromatic N) is 2. The molecule has 0 saturated carbocycles. The summed E-state index contributed by atoms with van der Waals surface area (Å²) in [4.78, 5) is 10.0. The molecule has 0 aliphatic heterocycles. The molecular weight excluding hydrogens is 266 g/mol. The lowest BCUT2D eigenvalue weighted by Crippen LogP contribution is -2.06. The van der Waals surface area contributed by atoms with Gasteiger partial charge in [0.1, 0.15) is 17.2 Å². The Morgan fingerprint density at radius 3 is 2.50 bits per heavy atom. The molecule has 2 rings (SSSR count). The van der Waals surface area contributed by atoms with Crippen molar-refractivity contribution in [1.82, 2.24) is 9.97 Å². The number of rotatable bonds is 6. The van der Waals surface area contributed by atoms with E-state index in [2.05, 4.69) is 60.3 Å². The predicted molar refractivity (Wildman–Crippen MR) is 85.5 cm³/mol. The average Bonchev–Trinajstić information content (AvgIpc) is 2.47. The minimum absolute atomic E-state index is 0.932. The average molecular weight is 287 g/mol. The number of nitrogens with one attached hydrogen (secondary N) is 1. The Morgan fingerprint density at radius 1 is 1.10 bits per heavy atom. The highest BCUT2D eigenvalue weighted by atomic mass is 32.2. The van der Waals surface area contributed by atoms with Gasteiger partial charge in [-0.05, 0) is 31.9 Å². The SMILES string of the molecule is CCCNc1ncnc(Sc2ccc(C)cc2)c1CC. The van der Waals surface area contributed by atoms with E-state index in [-0.39, 0.29) is 0 Å². The highest BCUT2D eigenvalue weighted by molar-refractivity contribution is 7.99. The van der Waals surface area contributed by atoms with Gasteiger partial charge in [0.15, 0.2) is 0 Å². The number of aromatic nitrogens is 2. The quantitative estimate of drug-likeness (QED) is 0.803. The molecule has 20 heavy (non-hydrogen) atoms. The second-order valence-electron chi connectivity index (χ2n) is 4.70. The normalized spacial score (nSPS) is 10.6. The fourth-order valence-corrected chi connectivity index (χ4v) is 2.88. The van der Waals surface area contributed by atoms with Crippen LogP contribution in [0.5, 0.6) is 0 Å². The zero-order chi connectivity index (χ0) is 14.4. The van der Waals surface area contributed by atoms with Crippen molar-refractivity contribution >= 4 is 17.6 Å². The van der Waals surface area contributed by atoms with Gasteiger partial charge in [-0.1, -0.05) is 43.3 Å². The van der Waals surface area contributed by atoms with E-state index in [0.717, 1.165) is 30.2 Å². The molecule has 0 spiro atoms. The third-order valence-electron chi connectivity index (χ3n) is 3.04. The van der Waals surface area contributed by atoms with E-state index in [1.54, 1.807) is 18.1 Å². The monoisotopic (exact) mass is 287 g/mol. The Hall–Kier alpha value is -1.55. The molecule has 4 heteroatoms. The molecule has 1 aromatic carbocycles. The summed E-state index contributed by atoms with van der Waals surface area (Å²) < 4.78 is 0. The lowest BCUT2D eigenvalue weighted by atomic mass is 10.2. The van der Waals surface area contributed by atoms with Crippen molar-refractivity contribution in [2.75, 3.05) is 11.9 Å². The van der Waals surface area contributed by atoms with Crippen LogP contribution in [0.25, 0.3) is 0 Å². The first-order valence-corrected chi connectivity index (χ1v) is 7.88. The maximum Gasteiger partial charge on any atom is 0.133 e. The van der Waals surface area contributed by atoms with Crippen LogP contribution in [0.2, 0.25) is 0 Å². The molecular formula is C16H21N3S. The van der Waals surface area contributed by atoms with Crippen molar-refractivity contribution in [2.45, 2.75) is 43.5 Å². The van der Waals surface area contributed by atoms with Crippen molar-refractivity contribution in [3.8, 4) is 0 Å². The summed E-state index contributed by atoms with van der Waals surface area (Å²) >= 11 is 1.70. The molecule has 3 nitrogen and oxygen atoms in total. The third kappa shape index (κ3) is 3.73. The van der Waals surface area contributed by atoms with Gasteiger partial charge in [0.2, 0.25) is 0 Å². The van der Waals surface area contributed by atoms with Crippen LogP contribution in [0.4, 0.5) is 5.82 Å². The Morgan fingerprint density at radius 2 is 1.85 bits per heavy atom. The van der Waals surface area contributed by atoms with Gasteiger partial charge in [0, 0.05) is 17.0 Å². The van der Waals surface area contributed by atoms with Crippen LogP contribution in [-0.4, -0.2) is 16.5 Å². The lowest BCUT2D eigenvalue weighted by molar-refractivity contribution is 0.911. The zero-order valence-corrected chi connectivity index (χ0v) is 13.1. The van der Waals surface area contributed by atoms with Crippen LogP contribution in [0.15, 0.2) is 40.5 Å². The van der Waals surface area contributed by atoms with Crippen molar-refractivity contribution < 1.29 is 0 Å². The molecule has 1 aromatic heterocycles. The summed E-state index contributed by atoms with van der Waals surface area (Å²) in [6, 6.07) is 8.54. The smallest absolute Gasteiger partial charge is 0.133 e. The summed E-state index contributed by atoms with van der Waals surface area (Å²) in [5, 5.41) is 4.43. The number of benzene rings is 1. The summed E-state index contributed by atoms with van der Waals surface area (Å²) in [5.74, 6) is 0.971. The van der Waals surface area contributed by atoms with E-state index in [9.17, 15) is 0 Å². The first kappa shape index (κ1) is 14.9. The van der Waals surface area contributed by atoms with Crippen molar-refractivity contribution in [3.63, 3.8) is 0 Å². The van der Waals surface area contributed by atoms with Crippen molar-refractivity contribution in [1.29, 1.82) is 0 Å². The van der Waals surface area contributed by atoms with Crippen molar-refractivity contribution in [3.05, 3.63) is 41.7 Å². The van der Waals surface area contributed by atoms with Gasteiger partial charge in [0.25, 0.3) is 0 Å². The molecule has 0 atom stereocenters. The van der Waals surface area contributed by atoms with Crippen LogP contribution in [0.3, 0.4) is 0 Å². The minimum Gasteiger partial charge on any atom is -0.370 e. The second-order valence-corrected chi connectivity index (χ2v) is 5.76. The largest absolute Gasteiger partial charge is 0.370 e. The number of hydrogen-bond acceptors (Lipinski definition) is 4. The van der Waals surface area contributed by atoms with Crippen LogP contribution < -0.4 is 5.32 Å². The van der Waals surface area contributed by atoms with Crippen LogP contribution >= 0.6 is 11.8 Å². The van der Waals surface area contributed by atoms with Crippen LogP contribution in [0, 0.1) is 6.92 Å². The van der Waals surface area contributed by atoms with E-state index >= 15 is 0 Å². The number of anilines is 1. The topological polar surface area (TPSA) is 37.8 Å². The highest BCUT2D eigenvalue weighted by Gasteiger charge is 2.10. The van der Waals surface area contributed by atoms with E-state index < -0.39 is 0 Å². The molecule has 0 amide bonds. The summed E-state index contributed by atoms with van der Waals surface area (Å²) in [5.41, 5.74) is 2.48. The van der Waals surface area contributed by atoms with Gasteiger partial charge in [-0.25, -0.2) is 9.97 Å². The first-order chi connectivity index (χ1) is 9.74. The van der Waals surface area contributed by atoms with Gasteiger partial charge in [-0.3, -0.25) is 0 Å². The van der Waals surface area contributed by atoms with E-state index in [0.29, 0.717) is 0 Å². The van der Waals surface area contributed by atoms with E-state index in [1.165, 1.54) is 16.0 Å². The molecule has 2 aromatic rings. The van der Waals surface area contributed by atoms with Gasteiger partial charge < -0.3 is 5.32 Å². The Labute approximate surface area is 125 Å². The van der Waals surface area contributed by atoms with E-state index in [1.807, 2.05) is 0 Å². The van der Waals surface area contributed by atoms with Gasteiger partial charge in [-0.15, -0.1) is 0 Å². The summed E-state index contributed by atoms with van der Waals surface area (Å²) in [6.07, 6.45) is 3.67. The van der Waals surface area contributed by atoms with Gasteiger partial charge >= 0.3 is 0 Å². The molecule has 1 heterocycles. The fourth-order valence-electron chi connectivity index (χ4n) is 1.92. The molecule has 106 valence electrons. The van der Waals surface area contributed by atoms with Crippen LogP contribution in [-0.2, 0) is 6.42 Å². The van der Waals surface area contributed by atoms with Gasteiger partial charge in [-0.2, -0.15) is 0 Å². The molecule has 1 N–H and O–H groups in total. The second kappa shape index (κ2) is 7.29. The lowest BCUT2D eigenvalue weighted by Gasteiger charge is -2.12. The Bertz CT molecular complexity index is 552. The molecule has 0 unspecified atom stereocenters. The molecule has 0 bridgehead atoms. The Balaban J connectivity index is 2.24. The standard InChI is InChI=1S/C16H21N3S/c1-4-10-17-15-14(5-2)16(19-11-18-15)20-13-8-6-12(3)7-9-13/h6-9,11H,4-5,10H2,1-3H3,(H,17,18,19). The molecule has 0 fully saturated rings. The predicted octanol–water partition coefficient (Wildman–Crippen LogP) is 4.32. The maximum atomic E-state index is 4.45. The van der Waals surface area contributed by atoms with Crippen molar-refractivity contribution in [2.24, 2.45) is 0 Å². The summed E-state index contributed by atoms with van der Waals surface area (Å²) in [6.45, 7) is 7.35. The number of aryl methyl sites for hydroxylation is 1. The molecule has 0 radical (unpaired) electrons. The highest BCUT2D eigenvalue weighted by Crippen LogP contribution is 2.31. The zero-order valence-electron chi connectivity index (χ0n) is 12.3. The molecule has 0 aliphatic rings. The van der Waals surface area contributed by atoms with Gasteiger partial charge in [0.05, 0.1) is 0 Å². The Kier molecular flexibility index (Phi) is 5.41. The molecule has 0 aliphatic carbocycles. The molecule has 0 saturated heterocycles. The third-order valence-corrected chi connectivity index (χ3v) is 4.09. The minimum atomic E-state index is 0.932. The van der Waals surface area contributed by atoms with Crippen LogP contribution in [0.1, 0.15) is 31.4 Å². The summed E-state index contributed by atoms with van der Waals surface area (Å²) in [7, 11) is 0. The van der Waals surface area contributed by atoms with E-state index in [4.69, 9.17) is 0 Å². The fraction of sp³-hybridized carbons (Fsp3) is 0.375. The number of hydrogen-bond donors (Lipinski definition) is 1.